The van der Waals surface area contributed by atoms with Crippen LogP contribution < -0.4 is 11.3 Å². The molecule has 2 rings (SSSR count). The third-order valence-electron chi connectivity index (χ3n) is 3.45. The molecule has 1 fully saturated rings. The van der Waals surface area contributed by atoms with E-state index in [-0.39, 0.29) is 11.5 Å². The monoisotopic (exact) mass is 274 g/mol. The maximum atomic E-state index is 13.0. The Kier molecular flexibility index (Phi) is 4.44. The van der Waals surface area contributed by atoms with Crippen molar-refractivity contribution in [1.82, 2.24) is 5.43 Å². The number of nitrogens with one attached hydrogen (secondary N) is 1. The Morgan fingerprint density at radius 2 is 2.05 bits per heavy atom. The number of benzene rings is 1. The summed E-state index contributed by atoms with van der Waals surface area (Å²) in [7, 11) is 0. The predicted molar refractivity (Wildman–Crippen MR) is 65.1 cm³/mol. The van der Waals surface area contributed by atoms with Crippen molar-refractivity contribution in [1.29, 1.82) is 0 Å². The minimum Gasteiger partial charge on any atom is -0.381 e. The van der Waals surface area contributed by atoms with Crippen molar-refractivity contribution in [2.45, 2.75) is 25.1 Å². The Balaban J connectivity index is 2.32. The van der Waals surface area contributed by atoms with Crippen LogP contribution in [0.2, 0.25) is 0 Å². The number of ether oxygens (including phenoxy) is 1. The highest BCUT2D eigenvalue weighted by Crippen LogP contribution is 2.37. The lowest BCUT2D eigenvalue weighted by atomic mass is 9.87. The van der Waals surface area contributed by atoms with Gasteiger partial charge in [0.25, 0.3) is 0 Å². The van der Waals surface area contributed by atoms with Gasteiger partial charge in [-0.1, -0.05) is 18.2 Å². The molecule has 2 unspecified atom stereocenters. The minimum absolute atomic E-state index is 0.0396. The van der Waals surface area contributed by atoms with Crippen molar-refractivity contribution in [3.05, 3.63) is 35.4 Å². The molecule has 1 aliphatic rings. The zero-order valence-corrected chi connectivity index (χ0v) is 10.4. The number of hydrazine groups is 1. The van der Waals surface area contributed by atoms with Gasteiger partial charge >= 0.3 is 6.18 Å². The number of alkyl halides is 3. The summed E-state index contributed by atoms with van der Waals surface area (Å²) in [6.45, 7) is 1.09. The van der Waals surface area contributed by atoms with E-state index >= 15 is 0 Å². The Morgan fingerprint density at radius 3 is 2.63 bits per heavy atom. The van der Waals surface area contributed by atoms with Crippen molar-refractivity contribution in [3.63, 3.8) is 0 Å². The summed E-state index contributed by atoms with van der Waals surface area (Å²) in [6, 6.07) is 5.00. The highest BCUT2D eigenvalue weighted by molar-refractivity contribution is 5.32. The van der Waals surface area contributed by atoms with Crippen molar-refractivity contribution in [2.75, 3.05) is 13.2 Å². The third kappa shape index (κ3) is 3.26. The van der Waals surface area contributed by atoms with Crippen LogP contribution in [0.25, 0.3) is 0 Å². The molecule has 6 heteroatoms. The number of rotatable bonds is 3. The minimum atomic E-state index is -4.37. The van der Waals surface area contributed by atoms with Gasteiger partial charge in [-0.25, -0.2) is 0 Å². The van der Waals surface area contributed by atoms with Crippen LogP contribution in [0, 0.1) is 5.92 Å². The molecule has 106 valence electrons. The van der Waals surface area contributed by atoms with Gasteiger partial charge in [-0.2, -0.15) is 13.2 Å². The molecule has 1 aromatic carbocycles. The zero-order valence-electron chi connectivity index (χ0n) is 10.4. The van der Waals surface area contributed by atoms with Crippen LogP contribution >= 0.6 is 0 Å². The summed E-state index contributed by atoms with van der Waals surface area (Å²) in [5.41, 5.74) is 2.07. The summed E-state index contributed by atoms with van der Waals surface area (Å²) in [5.74, 6) is 5.44. The highest BCUT2D eigenvalue weighted by atomic mass is 19.4. The molecule has 1 saturated heterocycles. The lowest BCUT2D eigenvalue weighted by Crippen LogP contribution is -2.38. The van der Waals surface area contributed by atoms with Crippen molar-refractivity contribution >= 4 is 0 Å². The second-order valence-corrected chi connectivity index (χ2v) is 4.71. The molecule has 19 heavy (non-hydrogen) atoms. The van der Waals surface area contributed by atoms with Crippen LogP contribution in [0.3, 0.4) is 0 Å². The SMILES string of the molecule is NNC(c1ccccc1C(F)(F)F)C1CCCOC1. The molecule has 0 aliphatic carbocycles. The summed E-state index contributed by atoms with van der Waals surface area (Å²) in [5, 5.41) is 0. The molecular formula is C13H17F3N2O. The van der Waals surface area contributed by atoms with Gasteiger partial charge in [0.15, 0.2) is 0 Å². The molecule has 0 bridgehead atoms. The number of halogens is 3. The molecule has 0 saturated carbocycles. The second-order valence-electron chi connectivity index (χ2n) is 4.71. The van der Waals surface area contributed by atoms with Crippen molar-refractivity contribution in [2.24, 2.45) is 11.8 Å². The second kappa shape index (κ2) is 5.90. The van der Waals surface area contributed by atoms with Gasteiger partial charge in [-0.3, -0.25) is 11.3 Å². The topological polar surface area (TPSA) is 47.3 Å². The van der Waals surface area contributed by atoms with E-state index in [0.717, 1.165) is 18.9 Å². The summed E-state index contributed by atoms with van der Waals surface area (Å²) >= 11 is 0. The molecule has 0 amide bonds. The number of hydrogen-bond acceptors (Lipinski definition) is 3. The zero-order chi connectivity index (χ0) is 13.9. The van der Waals surface area contributed by atoms with Crippen LogP contribution in [0.4, 0.5) is 13.2 Å². The van der Waals surface area contributed by atoms with Gasteiger partial charge < -0.3 is 4.74 Å². The molecule has 0 radical (unpaired) electrons. The first-order valence-electron chi connectivity index (χ1n) is 6.24. The van der Waals surface area contributed by atoms with E-state index in [1.807, 2.05) is 0 Å². The summed E-state index contributed by atoms with van der Waals surface area (Å²) in [4.78, 5) is 0. The first kappa shape index (κ1) is 14.3. The summed E-state index contributed by atoms with van der Waals surface area (Å²) in [6.07, 6.45) is -2.72. The molecule has 3 nitrogen and oxygen atoms in total. The van der Waals surface area contributed by atoms with Gasteiger partial charge in [0.2, 0.25) is 0 Å². The standard InChI is InChI=1S/C13H17F3N2O/c14-13(15,16)11-6-2-1-5-10(11)12(18-17)9-4-3-7-19-8-9/h1-2,5-6,9,12,18H,3-4,7-8,17H2. The van der Waals surface area contributed by atoms with Gasteiger partial charge in [0, 0.05) is 12.5 Å². The van der Waals surface area contributed by atoms with Crippen molar-refractivity contribution < 1.29 is 17.9 Å². The highest BCUT2D eigenvalue weighted by Gasteiger charge is 2.37. The number of hydrogen-bond donors (Lipinski definition) is 2. The Bertz CT molecular complexity index is 417. The molecule has 0 spiro atoms. The van der Waals surface area contributed by atoms with E-state index in [1.54, 1.807) is 6.07 Å². The maximum Gasteiger partial charge on any atom is 0.416 e. The molecule has 2 atom stereocenters. The summed E-state index contributed by atoms with van der Waals surface area (Å²) < 4.78 is 44.4. The van der Waals surface area contributed by atoms with E-state index in [2.05, 4.69) is 5.43 Å². The fraction of sp³-hybridized carbons (Fsp3) is 0.538. The van der Waals surface area contributed by atoms with Crippen LogP contribution in [0.15, 0.2) is 24.3 Å². The first-order valence-corrected chi connectivity index (χ1v) is 6.24. The van der Waals surface area contributed by atoms with E-state index in [1.165, 1.54) is 12.1 Å². The van der Waals surface area contributed by atoms with Crippen molar-refractivity contribution in [3.8, 4) is 0 Å². The molecule has 3 N–H and O–H groups in total. The van der Waals surface area contributed by atoms with Gasteiger partial charge in [0.05, 0.1) is 18.2 Å². The normalized spacial score (nSPS) is 22.2. The van der Waals surface area contributed by atoms with Gasteiger partial charge in [0.1, 0.15) is 0 Å². The van der Waals surface area contributed by atoms with Gasteiger partial charge in [-0.15, -0.1) is 0 Å². The molecular weight excluding hydrogens is 257 g/mol. The molecule has 0 aromatic heterocycles. The van der Waals surface area contributed by atoms with Crippen LogP contribution in [0.5, 0.6) is 0 Å². The average Bonchev–Trinajstić information content (AvgIpc) is 2.40. The molecule has 1 aliphatic heterocycles. The Hall–Kier alpha value is -1.11. The fourth-order valence-electron chi connectivity index (χ4n) is 2.53. The smallest absolute Gasteiger partial charge is 0.381 e. The fourth-order valence-corrected chi connectivity index (χ4v) is 2.53. The van der Waals surface area contributed by atoms with Crippen LogP contribution in [-0.2, 0) is 10.9 Å². The van der Waals surface area contributed by atoms with Crippen LogP contribution in [-0.4, -0.2) is 13.2 Å². The maximum absolute atomic E-state index is 13.0. The van der Waals surface area contributed by atoms with Gasteiger partial charge in [-0.05, 0) is 24.5 Å². The van der Waals surface area contributed by atoms with Crippen LogP contribution in [0.1, 0.15) is 30.0 Å². The Labute approximate surface area is 109 Å². The predicted octanol–water partition coefficient (Wildman–Crippen LogP) is 2.64. The van der Waals surface area contributed by atoms with E-state index < -0.39 is 17.8 Å². The third-order valence-corrected chi connectivity index (χ3v) is 3.45. The lowest BCUT2D eigenvalue weighted by molar-refractivity contribution is -0.138. The number of nitrogens with two attached hydrogens (primary N) is 1. The van der Waals surface area contributed by atoms with E-state index in [9.17, 15) is 13.2 Å². The average molecular weight is 274 g/mol. The molecule has 1 heterocycles. The largest absolute Gasteiger partial charge is 0.416 e. The van der Waals surface area contributed by atoms with E-state index in [4.69, 9.17) is 10.6 Å². The Morgan fingerprint density at radius 1 is 1.32 bits per heavy atom. The molecule has 1 aromatic rings. The first-order chi connectivity index (χ1) is 9.04. The lowest BCUT2D eigenvalue weighted by Gasteiger charge is -2.31. The quantitative estimate of drug-likeness (QED) is 0.658. The van der Waals surface area contributed by atoms with E-state index in [0.29, 0.717) is 13.2 Å².